The van der Waals surface area contributed by atoms with Crippen molar-refractivity contribution in [1.82, 2.24) is 19.9 Å². The number of aromatic nitrogens is 2. The van der Waals surface area contributed by atoms with Crippen molar-refractivity contribution >= 4 is 0 Å². The third-order valence-corrected chi connectivity index (χ3v) is 4.47. The average molecular weight is 315 g/mol. The second-order valence-corrected chi connectivity index (χ2v) is 6.18. The van der Waals surface area contributed by atoms with E-state index in [-0.39, 0.29) is 0 Å². The Morgan fingerprint density at radius 2 is 2.00 bits per heavy atom. The van der Waals surface area contributed by atoms with Crippen LogP contribution in [0, 0.1) is 0 Å². The van der Waals surface area contributed by atoms with E-state index in [0.717, 1.165) is 45.0 Å². The van der Waals surface area contributed by atoms with Gasteiger partial charge >= 0.3 is 0 Å². The maximum Gasteiger partial charge on any atom is 0.240 e. The van der Waals surface area contributed by atoms with Crippen molar-refractivity contribution < 1.29 is 4.52 Å². The van der Waals surface area contributed by atoms with Crippen LogP contribution in [0.3, 0.4) is 0 Å². The highest BCUT2D eigenvalue weighted by Gasteiger charge is 2.22. The Morgan fingerprint density at radius 1 is 1.17 bits per heavy atom. The predicted molar refractivity (Wildman–Crippen MR) is 88.4 cm³/mol. The van der Waals surface area contributed by atoms with Crippen molar-refractivity contribution in [3.8, 4) is 0 Å². The van der Waals surface area contributed by atoms with Crippen LogP contribution in [-0.4, -0.2) is 45.6 Å². The number of benzene rings is 1. The van der Waals surface area contributed by atoms with Crippen LogP contribution in [0.25, 0.3) is 0 Å². The second kappa shape index (κ2) is 7.68. The summed E-state index contributed by atoms with van der Waals surface area (Å²) in [6.45, 7) is 7.48. The summed E-state index contributed by atoms with van der Waals surface area (Å²) < 4.78 is 5.08. The molecule has 0 amide bonds. The van der Waals surface area contributed by atoms with Crippen LogP contribution in [-0.2, 0) is 19.6 Å². The number of hydrogen-bond donors (Lipinski definition) is 1. The van der Waals surface area contributed by atoms with Crippen molar-refractivity contribution in [1.29, 1.82) is 0 Å². The van der Waals surface area contributed by atoms with Crippen molar-refractivity contribution in [3.63, 3.8) is 0 Å². The van der Waals surface area contributed by atoms with Gasteiger partial charge in [-0.2, -0.15) is 4.98 Å². The molecule has 2 N–H and O–H groups in total. The van der Waals surface area contributed by atoms with Crippen LogP contribution in [0.4, 0.5) is 0 Å². The fourth-order valence-electron chi connectivity index (χ4n) is 3.00. The minimum Gasteiger partial charge on any atom is -0.338 e. The molecular weight excluding hydrogens is 290 g/mol. The Balaban J connectivity index is 1.57. The lowest BCUT2D eigenvalue weighted by atomic mass is 10.1. The zero-order chi connectivity index (χ0) is 16.1. The lowest BCUT2D eigenvalue weighted by molar-refractivity contribution is 0.204. The highest BCUT2D eigenvalue weighted by molar-refractivity contribution is 5.14. The van der Waals surface area contributed by atoms with Gasteiger partial charge in [-0.15, -0.1) is 0 Å². The van der Waals surface area contributed by atoms with E-state index < -0.39 is 0 Å². The summed E-state index contributed by atoms with van der Waals surface area (Å²) in [5.74, 6) is 1.24. The number of rotatable bonds is 5. The van der Waals surface area contributed by atoms with Crippen LogP contribution in [0.5, 0.6) is 0 Å². The standard InChI is InChI=1S/C17H25N5O/c1-14-7-8-21(13-16-19-17(11-18)23-20-16)9-10-22(14)12-15-5-3-2-4-6-15/h2-6,14H,7-13,18H2,1H3. The van der Waals surface area contributed by atoms with E-state index in [2.05, 4.69) is 57.2 Å². The highest BCUT2D eigenvalue weighted by Crippen LogP contribution is 2.15. The van der Waals surface area contributed by atoms with Gasteiger partial charge in [-0.25, -0.2) is 0 Å². The van der Waals surface area contributed by atoms with Gasteiger partial charge in [-0.1, -0.05) is 35.5 Å². The Hall–Kier alpha value is -1.76. The quantitative estimate of drug-likeness (QED) is 0.904. The van der Waals surface area contributed by atoms with Crippen molar-refractivity contribution in [2.24, 2.45) is 5.73 Å². The van der Waals surface area contributed by atoms with Gasteiger partial charge in [-0.3, -0.25) is 9.80 Å². The van der Waals surface area contributed by atoms with E-state index in [4.69, 9.17) is 10.3 Å². The highest BCUT2D eigenvalue weighted by atomic mass is 16.5. The summed E-state index contributed by atoms with van der Waals surface area (Å²) >= 11 is 0. The summed E-state index contributed by atoms with van der Waals surface area (Å²) in [6, 6.07) is 11.2. The molecule has 0 saturated carbocycles. The van der Waals surface area contributed by atoms with Crippen LogP contribution in [0.1, 0.15) is 30.6 Å². The molecule has 1 saturated heterocycles. The molecule has 0 radical (unpaired) electrons. The summed E-state index contributed by atoms with van der Waals surface area (Å²) in [5.41, 5.74) is 6.89. The summed E-state index contributed by atoms with van der Waals surface area (Å²) in [7, 11) is 0. The molecule has 0 spiro atoms. The van der Waals surface area contributed by atoms with Crippen molar-refractivity contribution in [3.05, 3.63) is 47.6 Å². The topological polar surface area (TPSA) is 71.4 Å². The average Bonchev–Trinajstić information content (AvgIpc) is 2.97. The van der Waals surface area contributed by atoms with Crippen LogP contribution in [0.2, 0.25) is 0 Å². The molecule has 2 heterocycles. The molecule has 2 aromatic rings. The van der Waals surface area contributed by atoms with E-state index >= 15 is 0 Å². The Bertz CT molecular complexity index is 600. The number of hydrogen-bond acceptors (Lipinski definition) is 6. The number of nitrogens with two attached hydrogens (primary N) is 1. The van der Waals surface area contributed by atoms with E-state index in [1.807, 2.05) is 0 Å². The van der Waals surface area contributed by atoms with E-state index in [1.54, 1.807) is 0 Å². The Kier molecular flexibility index (Phi) is 5.38. The summed E-state index contributed by atoms with van der Waals surface area (Å²) in [6.07, 6.45) is 1.15. The van der Waals surface area contributed by atoms with Gasteiger partial charge < -0.3 is 10.3 Å². The van der Waals surface area contributed by atoms with E-state index in [0.29, 0.717) is 18.5 Å². The van der Waals surface area contributed by atoms with Gasteiger partial charge in [0, 0.05) is 32.2 Å². The summed E-state index contributed by atoms with van der Waals surface area (Å²) in [5, 5.41) is 4.00. The molecule has 6 heteroatoms. The molecule has 1 unspecified atom stereocenters. The smallest absolute Gasteiger partial charge is 0.240 e. The normalized spacial score (nSPS) is 20.5. The first kappa shape index (κ1) is 16.1. The zero-order valence-electron chi connectivity index (χ0n) is 13.7. The molecule has 0 aliphatic carbocycles. The molecule has 3 rings (SSSR count). The predicted octanol–water partition coefficient (Wildman–Crippen LogP) is 1.62. The lowest BCUT2D eigenvalue weighted by Gasteiger charge is -2.26. The van der Waals surface area contributed by atoms with Gasteiger partial charge in [0.15, 0.2) is 5.82 Å². The zero-order valence-corrected chi connectivity index (χ0v) is 13.7. The minimum absolute atomic E-state index is 0.300. The monoisotopic (exact) mass is 315 g/mol. The molecule has 1 atom stereocenters. The van der Waals surface area contributed by atoms with Gasteiger partial charge in [0.2, 0.25) is 5.89 Å². The maximum absolute atomic E-state index is 5.51. The molecule has 1 fully saturated rings. The van der Waals surface area contributed by atoms with Gasteiger partial charge in [-0.05, 0) is 18.9 Å². The first-order chi connectivity index (χ1) is 11.2. The third kappa shape index (κ3) is 4.37. The van der Waals surface area contributed by atoms with Crippen LogP contribution >= 0.6 is 0 Å². The molecule has 6 nitrogen and oxygen atoms in total. The molecule has 1 aliphatic heterocycles. The fourth-order valence-corrected chi connectivity index (χ4v) is 3.00. The number of nitrogens with zero attached hydrogens (tertiary/aromatic N) is 4. The van der Waals surface area contributed by atoms with Gasteiger partial charge in [0.1, 0.15) is 0 Å². The third-order valence-electron chi connectivity index (χ3n) is 4.47. The Morgan fingerprint density at radius 3 is 2.74 bits per heavy atom. The van der Waals surface area contributed by atoms with Crippen LogP contribution in [0.15, 0.2) is 34.9 Å². The van der Waals surface area contributed by atoms with E-state index in [9.17, 15) is 0 Å². The molecule has 23 heavy (non-hydrogen) atoms. The molecule has 0 bridgehead atoms. The first-order valence-corrected chi connectivity index (χ1v) is 8.26. The fraction of sp³-hybridized carbons (Fsp3) is 0.529. The molecule has 124 valence electrons. The first-order valence-electron chi connectivity index (χ1n) is 8.26. The maximum atomic E-state index is 5.51. The molecular formula is C17H25N5O. The summed E-state index contributed by atoms with van der Waals surface area (Å²) in [4.78, 5) is 9.25. The van der Waals surface area contributed by atoms with Gasteiger partial charge in [0.05, 0.1) is 13.1 Å². The molecule has 1 aromatic carbocycles. The van der Waals surface area contributed by atoms with Gasteiger partial charge in [0.25, 0.3) is 0 Å². The van der Waals surface area contributed by atoms with Crippen molar-refractivity contribution in [2.75, 3.05) is 19.6 Å². The second-order valence-electron chi connectivity index (χ2n) is 6.18. The molecule has 1 aromatic heterocycles. The largest absolute Gasteiger partial charge is 0.338 e. The SMILES string of the molecule is CC1CCN(Cc2noc(CN)n2)CCN1Cc1ccccc1. The minimum atomic E-state index is 0.300. The lowest BCUT2D eigenvalue weighted by Crippen LogP contribution is -2.34. The van der Waals surface area contributed by atoms with E-state index in [1.165, 1.54) is 5.56 Å². The molecule has 1 aliphatic rings. The van der Waals surface area contributed by atoms with Crippen LogP contribution < -0.4 is 5.73 Å². The van der Waals surface area contributed by atoms with Crippen molar-refractivity contribution in [2.45, 2.75) is 39.0 Å². The Labute approximate surface area is 137 Å².